The minimum Gasteiger partial charge on any atom is -0.485 e. The Bertz CT molecular complexity index is 624. The zero-order chi connectivity index (χ0) is 15.2. The number of hydrogen-bond acceptors (Lipinski definition) is 5. The van der Waals surface area contributed by atoms with Crippen LogP contribution < -0.4 is 4.74 Å². The second-order valence-corrected chi connectivity index (χ2v) is 4.80. The lowest BCUT2D eigenvalue weighted by molar-refractivity contribution is -0.137. The maximum Gasteiger partial charge on any atom is 0.303 e. The molecule has 1 aromatic heterocycles. The molecule has 21 heavy (non-hydrogen) atoms. The molecule has 0 radical (unpaired) electrons. The summed E-state index contributed by atoms with van der Waals surface area (Å²) in [6.45, 7) is 4.74. The van der Waals surface area contributed by atoms with Gasteiger partial charge in [0.1, 0.15) is 12.4 Å². The highest BCUT2D eigenvalue weighted by Crippen LogP contribution is 2.21. The van der Waals surface area contributed by atoms with E-state index in [1.165, 1.54) is 0 Å². The van der Waals surface area contributed by atoms with Crippen LogP contribution in [0.5, 0.6) is 5.75 Å². The van der Waals surface area contributed by atoms with Gasteiger partial charge in [0.05, 0.1) is 0 Å². The van der Waals surface area contributed by atoms with Crippen LogP contribution in [0.15, 0.2) is 18.2 Å². The van der Waals surface area contributed by atoms with E-state index >= 15 is 0 Å². The average molecular weight is 290 g/mol. The first-order valence-corrected chi connectivity index (χ1v) is 6.74. The maximum absolute atomic E-state index is 10.5. The SMILES string of the molecule is Cc1cccc(OCc2nnnn2CCCC(=O)O)c1C. The van der Waals surface area contributed by atoms with Gasteiger partial charge in [-0.15, -0.1) is 5.10 Å². The lowest BCUT2D eigenvalue weighted by atomic mass is 10.1. The van der Waals surface area contributed by atoms with Crippen molar-refractivity contribution in [1.29, 1.82) is 0 Å². The quantitative estimate of drug-likeness (QED) is 0.835. The number of hydrogen-bond donors (Lipinski definition) is 1. The summed E-state index contributed by atoms with van der Waals surface area (Å²) >= 11 is 0. The van der Waals surface area contributed by atoms with Crippen LogP contribution in [0, 0.1) is 13.8 Å². The zero-order valence-electron chi connectivity index (χ0n) is 12.1. The fraction of sp³-hybridized carbons (Fsp3) is 0.429. The number of rotatable bonds is 7. The number of tetrazole rings is 1. The lowest BCUT2D eigenvalue weighted by Crippen LogP contribution is -2.10. The van der Waals surface area contributed by atoms with E-state index in [0.717, 1.165) is 16.9 Å². The van der Waals surface area contributed by atoms with Gasteiger partial charge in [-0.05, 0) is 47.9 Å². The Morgan fingerprint density at radius 3 is 2.95 bits per heavy atom. The summed E-state index contributed by atoms with van der Waals surface area (Å²) in [5.41, 5.74) is 2.25. The molecule has 0 atom stereocenters. The first-order valence-electron chi connectivity index (χ1n) is 6.74. The van der Waals surface area contributed by atoms with Gasteiger partial charge < -0.3 is 9.84 Å². The van der Waals surface area contributed by atoms with Crippen LogP contribution in [0.2, 0.25) is 0 Å². The molecule has 0 unspecified atom stereocenters. The molecule has 0 aliphatic heterocycles. The van der Waals surface area contributed by atoms with Crippen LogP contribution in [-0.4, -0.2) is 31.3 Å². The van der Waals surface area contributed by atoms with Gasteiger partial charge in [0.2, 0.25) is 0 Å². The van der Waals surface area contributed by atoms with Gasteiger partial charge >= 0.3 is 5.97 Å². The molecule has 2 rings (SSSR count). The number of aliphatic carboxylic acids is 1. The van der Waals surface area contributed by atoms with Gasteiger partial charge in [-0.2, -0.15) is 0 Å². The third-order valence-electron chi connectivity index (χ3n) is 3.28. The van der Waals surface area contributed by atoms with E-state index in [1.54, 1.807) is 4.68 Å². The van der Waals surface area contributed by atoms with E-state index in [4.69, 9.17) is 9.84 Å². The molecule has 0 saturated carbocycles. The summed E-state index contributed by atoms with van der Waals surface area (Å²) < 4.78 is 7.33. The summed E-state index contributed by atoms with van der Waals surface area (Å²) in [7, 11) is 0. The standard InChI is InChI=1S/C14H18N4O3/c1-10-5-3-6-12(11(10)2)21-9-13-15-16-17-18(13)8-4-7-14(19)20/h3,5-6H,4,7-9H2,1-2H3,(H,19,20). The first-order chi connectivity index (χ1) is 10.1. The van der Waals surface area contributed by atoms with Crippen molar-refractivity contribution in [2.24, 2.45) is 0 Å². The third kappa shape index (κ3) is 4.01. The minimum absolute atomic E-state index is 0.0944. The normalized spacial score (nSPS) is 10.6. The summed E-state index contributed by atoms with van der Waals surface area (Å²) in [4.78, 5) is 10.5. The number of benzene rings is 1. The number of carboxylic acid groups (broad SMARTS) is 1. The van der Waals surface area contributed by atoms with E-state index in [-0.39, 0.29) is 13.0 Å². The Morgan fingerprint density at radius 2 is 2.19 bits per heavy atom. The van der Waals surface area contributed by atoms with Crippen molar-refractivity contribution >= 4 is 5.97 Å². The Balaban J connectivity index is 1.96. The highest BCUT2D eigenvalue weighted by molar-refractivity contribution is 5.66. The molecule has 112 valence electrons. The fourth-order valence-corrected chi connectivity index (χ4v) is 1.90. The van der Waals surface area contributed by atoms with Gasteiger partial charge in [-0.25, -0.2) is 4.68 Å². The average Bonchev–Trinajstić information content (AvgIpc) is 2.88. The molecule has 7 nitrogen and oxygen atoms in total. The molecule has 0 aliphatic rings. The Hall–Kier alpha value is -2.44. The van der Waals surface area contributed by atoms with Crippen LogP contribution in [0.4, 0.5) is 0 Å². The Labute approximate surface area is 122 Å². The van der Waals surface area contributed by atoms with Crippen LogP contribution in [0.25, 0.3) is 0 Å². The van der Waals surface area contributed by atoms with Crippen molar-refractivity contribution in [3.63, 3.8) is 0 Å². The molecule has 2 aromatic rings. The van der Waals surface area contributed by atoms with Crippen molar-refractivity contribution in [2.45, 2.75) is 39.8 Å². The predicted molar refractivity (Wildman–Crippen MR) is 74.9 cm³/mol. The molecular formula is C14H18N4O3. The molecule has 0 aliphatic carbocycles. The molecule has 0 spiro atoms. The van der Waals surface area contributed by atoms with E-state index in [1.807, 2.05) is 32.0 Å². The van der Waals surface area contributed by atoms with Crippen molar-refractivity contribution in [3.05, 3.63) is 35.2 Å². The van der Waals surface area contributed by atoms with E-state index in [9.17, 15) is 4.79 Å². The van der Waals surface area contributed by atoms with E-state index in [2.05, 4.69) is 15.5 Å². The summed E-state index contributed by atoms with van der Waals surface area (Å²) in [5, 5.41) is 20.0. The van der Waals surface area contributed by atoms with Gasteiger partial charge in [0.25, 0.3) is 0 Å². The second kappa shape index (κ2) is 6.83. The molecule has 7 heteroatoms. The second-order valence-electron chi connectivity index (χ2n) is 4.80. The van der Waals surface area contributed by atoms with Gasteiger partial charge in [0.15, 0.2) is 5.82 Å². The molecule has 0 bridgehead atoms. The van der Waals surface area contributed by atoms with E-state index in [0.29, 0.717) is 18.8 Å². The number of aromatic nitrogens is 4. The lowest BCUT2D eigenvalue weighted by Gasteiger charge is -2.10. The monoisotopic (exact) mass is 290 g/mol. The van der Waals surface area contributed by atoms with Crippen LogP contribution in [0.3, 0.4) is 0 Å². The predicted octanol–water partition coefficient (Wildman–Crippen LogP) is 1.73. The van der Waals surface area contributed by atoms with Crippen LogP contribution in [-0.2, 0) is 17.9 Å². The number of aryl methyl sites for hydroxylation is 2. The van der Waals surface area contributed by atoms with E-state index < -0.39 is 5.97 Å². The topological polar surface area (TPSA) is 90.1 Å². The highest BCUT2D eigenvalue weighted by Gasteiger charge is 2.09. The largest absolute Gasteiger partial charge is 0.485 e. The molecule has 0 amide bonds. The number of ether oxygens (including phenoxy) is 1. The summed E-state index contributed by atoms with van der Waals surface area (Å²) in [6, 6.07) is 5.87. The molecule has 1 N–H and O–H groups in total. The van der Waals surface area contributed by atoms with Crippen molar-refractivity contribution in [2.75, 3.05) is 0 Å². The summed E-state index contributed by atoms with van der Waals surface area (Å²) in [6.07, 6.45) is 0.577. The van der Waals surface area contributed by atoms with Gasteiger partial charge in [-0.1, -0.05) is 12.1 Å². The Kier molecular flexibility index (Phi) is 4.86. The molecule has 0 saturated heterocycles. The minimum atomic E-state index is -0.823. The number of carboxylic acids is 1. The molecule has 0 fully saturated rings. The maximum atomic E-state index is 10.5. The number of carbonyl (C=O) groups is 1. The van der Waals surface area contributed by atoms with Crippen LogP contribution >= 0.6 is 0 Å². The smallest absolute Gasteiger partial charge is 0.303 e. The first kappa shape index (κ1) is 15.0. The highest BCUT2D eigenvalue weighted by atomic mass is 16.5. The number of nitrogens with zero attached hydrogens (tertiary/aromatic N) is 4. The van der Waals surface area contributed by atoms with Gasteiger partial charge in [-0.3, -0.25) is 4.79 Å². The fourth-order valence-electron chi connectivity index (χ4n) is 1.90. The molecule has 1 aromatic carbocycles. The van der Waals surface area contributed by atoms with Crippen molar-refractivity contribution < 1.29 is 14.6 Å². The Morgan fingerprint density at radius 1 is 1.38 bits per heavy atom. The summed E-state index contributed by atoms with van der Waals surface area (Å²) in [5.74, 6) is 0.563. The van der Waals surface area contributed by atoms with Crippen LogP contribution in [0.1, 0.15) is 29.8 Å². The molecular weight excluding hydrogens is 272 g/mol. The van der Waals surface area contributed by atoms with Crippen molar-refractivity contribution in [1.82, 2.24) is 20.2 Å². The zero-order valence-corrected chi connectivity index (χ0v) is 12.1. The third-order valence-corrected chi connectivity index (χ3v) is 3.28. The van der Waals surface area contributed by atoms with Gasteiger partial charge in [0, 0.05) is 13.0 Å². The van der Waals surface area contributed by atoms with Crippen molar-refractivity contribution in [3.8, 4) is 5.75 Å². The molecule has 1 heterocycles.